The molecule has 2 atom stereocenters. The predicted octanol–water partition coefficient (Wildman–Crippen LogP) is 2.67. The summed E-state index contributed by atoms with van der Waals surface area (Å²) >= 11 is 1.86. The monoisotopic (exact) mass is 478 g/mol. The Hall–Kier alpha value is -0.510. The van der Waals surface area contributed by atoms with Gasteiger partial charge in [-0.25, -0.2) is 0 Å². The fourth-order valence-electron chi connectivity index (χ4n) is 2.53. The van der Waals surface area contributed by atoms with Crippen LogP contribution in [-0.4, -0.2) is 68.6 Å². The van der Waals surface area contributed by atoms with Crippen LogP contribution in [0.5, 0.6) is 0 Å². The molecule has 2 unspecified atom stereocenters. The molecule has 1 aliphatic rings. The summed E-state index contributed by atoms with van der Waals surface area (Å²) in [5, 5.41) is 7.15. The lowest BCUT2D eigenvalue weighted by Crippen LogP contribution is -2.48. The van der Waals surface area contributed by atoms with Crippen molar-refractivity contribution in [3.8, 4) is 0 Å². The second kappa shape index (κ2) is 12.8. The first-order valence-corrected chi connectivity index (χ1v) is 9.59. The van der Waals surface area contributed by atoms with E-state index in [2.05, 4.69) is 60.7 Å². The third-order valence-electron chi connectivity index (χ3n) is 3.77. The minimum Gasteiger partial charge on any atom is -0.374 e. The topological polar surface area (TPSA) is 48.9 Å². The highest BCUT2D eigenvalue weighted by Gasteiger charge is 2.17. The van der Waals surface area contributed by atoms with Crippen molar-refractivity contribution < 1.29 is 4.74 Å². The molecule has 5 nitrogen and oxygen atoms in total. The quantitative estimate of drug-likeness (QED) is 0.273. The molecule has 0 bridgehead atoms. The maximum absolute atomic E-state index is 5.79. The lowest BCUT2D eigenvalue weighted by molar-refractivity contribution is -0.0161. The molecule has 1 aromatic rings. The van der Waals surface area contributed by atoms with E-state index in [1.165, 1.54) is 4.90 Å². The maximum Gasteiger partial charge on any atom is 0.191 e. The molecular formula is C18H31IN4OS. The molecule has 1 aromatic carbocycles. The van der Waals surface area contributed by atoms with Gasteiger partial charge in [0.2, 0.25) is 0 Å². The summed E-state index contributed by atoms with van der Waals surface area (Å²) in [4.78, 5) is 8.31. The molecule has 1 heterocycles. The average Bonchev–Trinajstić information content (AvgIpc) is 2.58. The number of hydrogen-bond donors (Lipinski definition) is 2. The first-order chi connectivity index (χ1) is 11.7. The first kappa shape index (κ1) is 22.5. The number of likely N-dealkylation sites (N-methyl/N-ethyl adjacent to an activating group) is 1. The lowest BCUT2D eigenvalue weighted by Gasteiger charge is -2.30. The molecule has 0 aromatic heterocycles. The van der Waals surface area contributed by atoms with E-state index in [4.69, 9.17) is 9.73 Å². The zero-order valence-electron chi connectivity index (χ0n) is 15.4. The number of nitrogens with zero attached hydrogens (tertiary/aromatic N) is 2. The molecule has 2 rings (SSSR count). The van der Waals surface area contributed by atoms with Gasteiger partial charge in [-0.3, -0.25) is 4.99 Å². The standard InChI is InChI=1S/C18H30N4OS.HI/c1-4-19-18(21-13-16-14-22(3)10-11-23-16)20-12-15(2)24-17-8-6-5-7-9-17;/h5-9,15-16H,4,10-14H2,1-3H3,(H2,19,20,21);1H. The number of ether oxygens (including phenoxy) is 1. The van der Waals surface area contributed by atoms with E-state index < -0.39 is 0 Å². The Morgan fingerprint density at radius 1 is 1.36 bits per heavy atom. The van der Waals surface area contributed by atoms with Gasteiger partial charge < -0.3 is 20.3 Å². The Morgan fingerprint density at radius 2 is 2.12 bits per heavy atom. The molecule has 2 N–H and O–H groups in total. The summed E-state index contributed by atoms with van der Waals surface area (Å²) in [5.74, 6) is 0.870. The van der Waals surface area contributed by atoms with Crippen LogP contribution in [0.1, 0.15) is 13.8 Å². The fourth-order valence-corrected chi connectivity index (χ4v) is 3.46. The Bertz CT molecular complexity index is 503. The second-order valence-corrected chi connectivity index (χ2v) is 7.61. The zero-order valence-corrected chi connectivity index (χ0v) is 18.6. The van der Waals surface area contributed by atoms with E-state index in [9.17, 15) is 0 Å². The molecule has 25 heavy (non-hydrogen) atoms. The first-order valence-electron chi connectivity index (χ1n) is 8.71. The van der Waals surface area contributed by atoms with Crippen molar-refractivity contribution in [1.82, 2.24) is 15.5 Å². The van der Waals surface area contributed by atoms with Crippen molar-refractivity contribution in [2.24, 2.45) is 4.99 Å². The summed E-state index contributed by atoms with van der Waals surface area (Å²) in [7, 11) is 2.14. The van der Waals surface area contributed by atoms with Gasteiger partial charge in [0.25, 0.3) is 0 Å². The van der Waals surface area contributed by atoms with E-state index in [-0.39, 0.29) is 30.1 Å². The number of morpholine rings is 1. The van der Waals surface area contributed by atoms with Gasteiger partial charge in [-0.05, 0) is 26.1 Å². The summed E-state index contributed by atoms with van der Waals surface area (Å²) in [6, 6.07) is 10.5. The Kier molecular flexibility index (Phi) is 11.5. The van der Waals surface area contributed by atoms with Crippen LogP contribution in [0.3, 0.4) is 0 Å². The molecule has 0 radical (unpaired) electrons. The van der Waals surface area contributed by atoms with E-state index in [0.717, 1.165) is 45.3 Å². The number of rotatable bonds is 7. The van der Waals surface area contributed by atoms with Crippen molar-refractivity contribution in [3.63, 3.8) is 0 Å². The van der Waals surface area contributed by atoms with E-state index in [1.54, 1.807) is 0 Å². The van der Waals surface area contributed by atoms with Gasteiger partial charge >= 0.3 is 0 Å². The number of guanidine groups is 1. The largest absolute Gasteiger partial charge is 0.374 e. The molecule has 0 saturated carbocycles. The van der Waals surface area contributed by atoms with Gasteiger partial charge in [-0.15, -0.1) is 35.7 Å². The zero-order chi connectivity index (χ0) is 17.2. The molecule has 0 amide bonds. The second-order valence-electron chi connectivity index (χ2n) is 6.10. The minimum absolute atomic E-state index is 0. The molecule has 142 valence electrons. The van der Waals surface area contributed by atoms with Crippen LogP contribution in [0.15, 0.2) is 40.2 Å². The lowest BCUT2D eigenvalue weighted by atomic mass is 10.3. The molecular weight excluding hydrogens is 447 g/mol. The average molecular weight is 478 g/mol. The van der Waals surface area contributed by atoms with Crippen molar-refractivity contribution in [3.05, 3.63) is 30.3 Å². The van der Waals surface area contributed by atoms with Crippen molar-refractivity contribution in [2.45, 2.75) is 30.1 Å². The van der Waals surface area contributed by atoms with Crippen LogP contribution in [0.2, 0.25) is 0 Å². The molecule has 1 fully saturated rings. The van der Waals surface area contributed by atoms with Crippen molar-refractivity contribution in [2.75, 3.05) is 46.4 Å². The van der Waals surface area contributed by atoms with Crippen LogP contribution in [-0.2, 0) is 4.74 Å². The molecule has 0 aliphatic carbocycles. The maximum atomic E-state index is 5.79. The van der Waals surface area contributed by atoms with Gasteiger partial charge in [-0.1, -0.05) is 25.1 Å². The van der Waals surface area contributed by atoms with E-state index in [1.807, 2.05) is 17.8 Å². The smallest absolute Gasteiger partial charge is 0.191 e. The van der Waals surface area contributed by atoms with Crippen molar-refractivity contribution >= 4 is 41.7 Å². The molecule has 7 heteroatoms. The molecule has 0 spiro atoms. The predicted molar refractivity (Wildman–Crippen MR) is 118 cm³/mol. The van der Waals surface area contributed by atoms with Gasteiger partial charge in [0.1, 0.15) is 0 Å². The van der Waals surface area contributed by atoms with Crippen LogP contribution in [0, 0.1) is 0 Å². The van der Waals surface area contributed by atoms with Crippen LogP contribution >= 0.6 is 35.7 Å². The van der Waals surface area contributed by atoms with Gasteiger partial charge in [0, 0.05) is 36.3 Å². The summed E-state index contributed by atoms with van der Waals surface area (Å²) in [6.07, 6.45) is 0.226. The Morgan fingerprint density at radius 3 is 2.80 bits per heavy atom. The van der Waals surface area contributed by atoms with E-state index >= 15 is 0 Å². The molecule has 1 saturated heterocycles. The number of hydrogen-bond acceptors (Lipinski definition) is 4. The minimum atomic E-state index is 0. The van der Waals surface area contributed by atoms with Gasteiger partial charge in [-0.2, -0.15) is 0 Å². The highest BCUT2D eigenvalue weighted by Crippen LogP contribution is 2.22. The SMILES string of the molecule is CCNC(=NCC(C)Sc1ccccc1)NCC1CN(C)CCO1.I. The van der Waals surface area contributed by atoms with Gasteiger partial charge in [0.15, 0.2) is 5.96 Å². The number of nitrogens with one attached hydrogen (secondary N) is 2. The third kappa shape index (κ3) is 9.12. The summed E-state index contributed by atoms with van der Waals surface area (Å²) in [5.41, 5.74) is 0. The Balaban J connectivity index is 0.00000312. The number of thioether (sulfide) groups is 1. The molecule has 1 aliphatic heterocycles. The van der Waals surface area contributed by atoms with Crippen LogP contribution in [0.25, 0.3) is 0 Å². The highest BCUT2D eigenvalue weighted by molar-refractivity contribution is 14.0. The third-order valence-corrected chi connectivity index (χ3v) is 4.87. The van der Waals surface area contributed by atoms with E-state index in [0.29, 0.717) is 5.25 Å². The summed E-state index contributed by atoms with van der Waals surface area (Å²) in [6.45, 7) is 9.51. The normalized spacial score (nSPS) is 19.8. The fraction of sp³-hybridized carbons (Fsp3) is 0.611. The van der Waals surface area contributed by atoms with Crippen LogP contribution in [0.4, 0.5) is 0 Å². The summed E-state index contributed by atoms with van der Waals surface area (Å²) < 4.78 is 5.79. The van der Waals surface area contributed by atoms with Gasteiger partial charge in [0.05, 0.1) is 19.3 Å². The van der Waals surface area contributed by atoms with Crippen LogP contribution < -0.4 is 10.6 Å². The number of aliphatic imine (C=N–C) groups is 1. The number of benzene rings is 1. The highest BCUT2D eigenvalue weighted by atomic mass is 127. The van der Waals surface area contributed by atoms with Crippen molar-refractivity contribution in [1.29, 1.82) is 0 Å². The number of halogens is 1. The Labute approximate surface area is 173 Å².